The van der Waals surface area contributed by atoms with E-state index in [1.54, 1.807) is 5.51 Å². The number of benzene rings is 1. The number of aryl methyl sites for hydroxylation is 1. The summed E-state index contributed by atoms with van der Waals surface area (Å²) in [6.07, 6.45) is 0.397. The van der Waals surface area contributed by atoms with Gasteiger partial charge in [0, 0.05) is 17.4 Å². The molecule has 0 radical (unpaired) electrons. The lowest BCUT2D eigenvalue weighted by Gasteiger charge is -2.07. The lowest BCUT2D eigenvalue weighted by Crippen LogP contribution is -2.24. The molecule has 1 aromatic carbocycles. The third-order valence-corrected chi connectivity index (χ3v) is 3.43. The molecular weight excluding hydrogens is 284 g/mol. The molecule has 2 aromatic rings. The predicted molar refractivity (Wildman–Crippen MR) is 83.0 cm³/mol. The topological polar surface area (TPSA) is 62.2 Å². The van der Waals surface area contributed by atoms with Crippen LogP contribution in [-0.2, 0) is 6.54 Å². The third kappa shape index (κ3) is 4.42. The molecule has 2 N–H and O–H groups in total. The summed E-state index contributed by atoms with van der Waals surface area (Å²) < 4.78 is 0. The molecule has 0 aliphatic carbocycles. The van der Waals surface area contributed by atoms with Crippen molar-refractivity contribution in [1.29, 1.82) is 0 Å². The molecular formula is C16H16N2O2S. The van der Waals surface area contributed by atoms with Crippen LogP contribution < -0.4 is 5.32 Å². The molecule has 0 aliphatic rings. The quantitative estimate of drug-likeness (QED) is 0.850. The monoisotopic (exact) mass is 300 g/mol. The number of aliphatic hydroxyl groups is 1. The zero-order valence-corrected chi connectivity index (χ0v) is 12.5. The molecule has 108 valence electrons. The highest BCUT2D eigenvalue weighted by Gasteiger charge is 2.10. The van der Waals surface area contributed by atoms with E-state index in [1.165, 1.54) is 11.3 Å². The number of amides is 1. The summed E-state index contributed by atoms with van der Waals surface area (Å²) in [5.74, 6) is 5.61. The van der Waals surface area contributed by atoms with Gasteiger partial charge in [-0.25, -0.2) is 4.98 Å². The van der Waals surface area contributed by atoms with Gasteiger partial charge in [-0.15, -0.1) is 11.3 Å². The number of aliphatic hydroxyl groups excluding tert-OH is 1. The average molecular weight is 300 g/mol. The van der Waals surface area contributed by atoms with Gasteiger partial charge in [0.25, 0.3) is 5.91 Å². The van der Waals surface area contributed by atoms with Crippen LogP contribution in [0.2, 0.25) is 0 Å². The second-order valence-electron chi connectivity index (χ2n) is 4.49. The number of aromatic nitrogens is 1. The molecule has 1 aromatic heterocycles. The van der Waals surface area contributed by atoms with E-state index in [0.717, 1.165) is 11.3 Å². The molecule has 0 spiro atoms. The van der Waals surface area contributed by atoms with Crippen molar-refractivity contribution in [1.82, 2.24) is 10.3 Å². The number of carbonyl (C=O) groups is 1. The van der Waals surface area contributed by atoms with E-state index in [4.69, 9.17) is 5.11 Å². The normalized spacial score (nSPS) is 9.81. The summed E-state index contributed by atoms with van der Waals surface area (Å²) >= 11 is 1.50. The Balaban J connectivity index is 2.15. The van der Waals surface area contributed by atoms with Gasteiger partial charge in [-0.3, -0.25) is 4.79 Å². The highest BCUT2D eigenvalue weighted by Crippen LogP contribution is 2.11. The van der Waals surface area contributed by atoms with Crippen LogP contribution >= 0.6 is 11.3 Å². The smallest absolute Gasteiger partial charge is 0.252 e. The van der Waals surface area contributed by atoms with E-state index in [9.17, 15) is 4.79 Å². The minimum Gasteiger partial charge on any atom is -0.395 e. The van der Waals surface area contributed by atoms with Gasteiger partial charge in [-0.2, -0.15) is 0 Å². The van der Waals surface area contributed by atoms with Crippen molar-refractivity contribution in [3.8, 4) is 11.8 Å². The van der Waals surface area contributed by atoms with Crippen molar-refractivity contribution in [3.05, 3.63) is 51.5 Å². The second-order valence-corrected chi connectivity index (χ2v) is 5.21. The van der Waals surface area contributed by atoms with Crippen molar-refractivity contribution >= 4 is 17.2 Å². The zero-order valence-electron chi connectivity index (χ0n) is 11.7. The Morgan fingerprint density at radius 2 is 2.33 bits per heavy atom. The number of rotatable bonds is 4. The third-order valence-electron chi connectivity index (χ3n) is 2.79. The lowest BCUT2D eigenvalue weighted by molar-refractivity contribution is 0.0950. The minimum absolute atomic E-state index is 0.0181. The fourth-order valence-corrected chi connectivity index (χ4v) is 2.32. The summed E-state index contributed by atoms with van der Waals surface area (Å²) in [7, 11) is 0. The average Bonchev–Trinajstić information content (AvgIpc) is 3.00. The van der Waals surface area contributed by atoms with Gasteiger partial charge in [0.2, 0.25) is 0 Å². The molecule has 4 nitrogen and oxygen atoms in total. The van der Waals surface area contributed by atoms with E-state index >= 15 is 0 Å². The molecule has 5 heteroatoms. The largest absolute Gasteiger partial charge is 0.395 e. The SMILES string of the molecule is Cc1ccc(C#CCCO)c(C(=O)NCc2cscn2)c1. The maximum Gasteiger partial charge on any atom is 0.252 e. The standard InChI is InChI=1S/C16H16N2O2S/c1-12-5-6-13(4-2-3-7-19)15(8-12)16(20)17-9-14-10-21-11-18-14/h5-6,8,10-11,19H,3,7,9H2,1H3,(H,17,20). The highest BCUT2D eigenvalue weighted by atomic mass is 32.1. The maximum atomic E-state index is 12.3. The van der Waals surface area contributed by atoms with Crippen LogP contribution in [0.4, 0.5) is 0 Å². The van der Waals surface area contributed by atoms with Crippen LogP contribution in [0.15, 0.2) is 29.1 Å². The first-order valence-electron chi connectivity index (χ1n) is 6.56. The van der Waals surface area contributed by atoms with Crippen LogP contribution in [-0.4, -0.2) is 22.6 Å². The fourth-order valence-electron chi connectivity index (χ4n) is 1.76. The van der Waals surface area contributed by atoms with Gasteiger partial charge in [0.05, 0.1) is 29.9 Å². The van der Waals surface area contributed by atoms with Crippen LogP contribution in [0.5, 0.6) is 0 Å². The van der Waals surface area contributed by atoms with E-state index in [2.05, 4.69) is 22.1 Å². The first-order valence-corrected chi connectivity index (χ1v) is 7.50. The molecule has 0 atom stereocenters. The van der Waals surface area contributed by atoms with Crippen molar-refractivity contribution in [3.63, 3.8) is 0 Å². The molecule has 0 fully saturated rings. The van der Waals surface area contributed by atoms with Crippen molar-refractivity contribution in [2.75, 3.05) is 6.61 Å². The van der Waals surface area contributed by atoms with Crippen LogP contribution in [0.3, 0.4) is 0 Å². The summed E-state index contributed by atoms with van der Waals surface area (Å²) in [5, 5.41) is 13.5. The molecule has 21 heavy (non-hydrogen) atoms. The predicted octanol–water partition coefficient (Wildman–Crippen LogP) is 2.12. The lowest BCUT2D eigenvalue weighted by atomic mass is 10.0. The summed E-state index contributed by atoms with van der Waals surface area (Å²) in [5.41, 5.74) is 4.80. The zero-order chi connectivity index (χ0) is 15.1. The van der Waals surface area contributed by atoms with Gasteiger partial charge in [0.1, 0.15) is 0 Å². The van der Waals surface area contributed by atoms with Crippen molar-refractivity contribution < 1.29 is 9.90 Å². The molecule has 0 unspecified atom stereocenters. The number of hydrogen-bond acceptors (Lipinski definition) is 4. The molecule has 0 aliphatic heterocycles. The number of carbonyl (C=O) groups excluding carboxylic acids is 1. The van der Waals surface area contributed by atoms with Crippen LogP contribution in [0.1, 0.15) is 33.6 Å². The van der Waals surface area contributed by atoms with Crippen LogP contribution in [0.25, 0.3) is 0 Å². The summed E-state index contributed by atoms with van der Waals surface area (Å²) in [6, 6.07) is 5.57. The number of hydrogen-bond donors (Lipinski definition) is 2. The van der Waals surface area contributed by atoms with E-state index in [-0.39, 0.29) is 12.5 Å². The summed E-state index contributed by atoms with van der Waals surface area (Å²) in [6.45, 7) is 2.35. The second kappa shape index (κ2) is 7.58. The number of nitrogens with one attached hydrogen (secondary N) is 1. The van der Waals surface area contributed by atoms with Gasteiger partial charge in [-0.1, -0.05) is 23.5 Å². The Kier molecular flexibility index (Phi) is 5.50. The van der Waals surface area contributed by atoms with Crippen LogP contribution in [0, 0.1) is 18.8 Å². The summed E-state index contributed by atoms with van der Waals surface area (Å²) in [4.78, 5) is 16.4. The van der Waals surface area contributed by atoms with Crippen molar-refractivity contribution in [2.24, 2.45) is 0 Å². The molecule has 0 bridgehead atoms. The first-order chi connectivity index (χ1) is 10.2. The Morgan fingerprint density at radius 1 is 1.48 bits per heavy atom. The Hall–Kier alpha value is -2.16. The fraction of sp³-hybridized carbons (Fsp3) is 0.250. The highest BCUT2D eigenvalue weighted by molar-refractivity contribution is 7.07. The maximum absolute atomic E-state index is 12.3. The Bertz CT molecular complexity index is 669. The van der Waals surface area contributed by atoms with Crippen molar-refractivity contribution in [2.45, 2.75) is 19.9 Å². The Labute approximate surface area is 127 Å². The van der Waals surface area contributed by atoms with Gasteiger partial charge in [0.15, 0.2) is 0 Å². The molecule has 1 heterocycles. The van der Waals surface area contributed by atoms with Gasteiger partial charge < -0.3 is 10.4 Å². The Morgan fingerprint density at radius 3 is 3.05 bits per heavy atom. The molecule has 0 saturated heterocycles. The molecule has 0 saturated carbocycles. The molecule has 2 rings (SSSR count). The minimum atomic E-state index is -0.167. The van der Waals surface area contributed by atoms with E-state index in [0.29, 0.717) is 24.1 Å². The van der Waals surface area contributed by atoms with E-state index in [1.807, 2.05) is 30.5 Å². The van der Waals surface area contributed by atoms with E-state index < -0.39 is 0 Å². The number of thiazole rings is 1. The van der Waals surface area contributed by atoms with Gasteiger partial charge in [-0.05, 0) is 19.1 Å². The van der Waals surface area contributed by atoms with Gasteiger partial charge >= 0.3 is 0 Å². The number of nitrogens with zero attached hydrogens (tertiary/aromatic N) is 1. The first kappa shape index (κ1) is 15.2. The molecule has 1 amide bonds.